The third kappa shape index (κ3) is 3.69. The Balaban J connectivity index is 2.66. The molecule has 0 amide bonds. The number of carbonyl (C=O) groups is 1. The molecule has 1 aromatic carbocycles. The van der Waals surface area contributed by atoms with Crippen molar-refractivity contribution in [3.63, 3.8) is 0 Å². The van der Waals surface area contributed by atoms with E-state index in [0.29, 0.717) is 23.1 Å². The van der Waals surface area contributed by atoms with Crippen molar-refractivity contribution in [3.8, 4) is 0 Å². The summed E-state index contributed by atoms with van der Waals surface area (Å²) in [5, 5.41) is 0.500. The summed E-state index contributed by atoms with van der Waals surface area (Å²) in [5.41, 5.74) is 1.28. The lowest BCUT2D eigenvalue weighted by Gasteiger charge is -2.05. The summed E-state index contributed by atoms with van der Waals surface area (Å²) >= 11 is 11.6. The van der Waals surface area contributed by atoms with Crippen molar-refractivity contribution < 1.29 is 9.53 Å². The quantitative estimate of drug-likeness (QED) is 0.454. The molecule has 0 saturated heterocycles. The molecule has 0 radical (unpaired) electrons. The second kappa shape index (κ2) is 6.77. The summed E-state index contributed by atoms with van der Waals surface area (Å²) < 4.78 is 5.07. The highest BCUT2D eigenvalue weighted by Crippen LogP contribution is 2.20. The molecule has 0 spiro atoms. The lowest BCUT2D eigenvalue weighted by molar-refractivity contribution is 0.0500. The van der Waals surface area contributed by atoms with E-state index in [4.69, 9.17) is 27.9 Å². The molecule has 0 aliphatic rings. The summed E-state index contributed by atoms with van der Waals surface area (Å²) in [7, 11) is 0. The minimum atomic E-state index is -0.337. The van der Waals surface area contributed by atoms with Gasteiger partial charge in [-0.25, -0.2) is 4.79 Å². The zero-order chi connectivity index (χ0) is 12.0. The van der Waals surface area contributed by atoms with Gasteiger partial charge in [0.1, 0.15) is 0 Å². The number of unbranched alkanes of at least 4 members (excludes halogenated alkanes) is 1. The van der Waals surface area contributed by atoms with E-state index in [1.807, 2.05) is 6.92 Å². The molecule has 0 unspecified atom stereocenters. The number of alkyl halides is 1. The Morgan fingerprint density at radius 1 is 1.44 bits per heavy atom. The highest BCUT2D eigenvalue weighted by molar-refractivity contribution is 6.32. The van der Waals surface area contributed by atoms with E-state index < -0.39 is 0 Å². The van der Waals surface area contributed by atoms with Crippen LogP contribution in [0.25, 0.3) is 0 Å². The summed E-state index contributed by atoms with van der Waals surface area (Å²) in [6, 6.07) is 5.01. The lowest BCUT2D eigenvalue weighted by Crippen LogP contribution is -2.06. The van der Waals surface area contributed by atoms with Crippen LogP contribution in [0, 0.1) is 0 Å². The summed E-state index contributed by atoms with van der Waals surface area (Å²) in [4.78, 5) is 11.6. The van der Waals surface area contributed by atoms with Gasteiger partial charge in [-0.05, 0) is 24.1 Å². The number of esters is 1. The maximum Gasteiger partial charge on any atom is 0.338 e. The Bertz CT molecular complexity index is 364. The molecule has 0 bridgehead atoms. The number of ether oxygens (including phenoxy) is 1. The Hall–Kier alpha value is -0.730. The smallest absolute Gasteiger partial charge is 0.338 e. The van der Waals surface area contributed by atoms with Gasteiger partial charge in [0.2, 0.25) is 0 Å². The maximum atomic E-state index is 11.6. The van der Waals surface area contributed by atoms with Crippen molar-refractivity contribution in [2.24, 2.45) is 0 Å². The van der Waals surface area contributed by atoms with Crippen molar-refractivity contribution in [1.82, 2.24) is 0 Å². The topological polar surface area (TPSA) is 26.3 Å². The molecule has 0 aliphatic heterocycles. The normalized spacial score (nSPS) is 10.2. The molecule has 1 rings (SSSR count). The molecule has 0 N–H and O–H groups in total. The van der Waals surface area contributed by atoms with Crippen LogP contribution in [0.2, 0.25) is 5.02 Å². The van der Waals surface area contributed by atoms with Crippen LogP contribution < -0.4 is 0 Å². The molecule has 0 aliphatic carbocycles. The third-order valence-corrected chi connectivity index (χ3v) is 2.80. The highest BCUT2D eigenvalue weighted by Gasteiger charge is 2.09. The van der Waals surface area contributed by atoms with Crippen LogP contribution in [0.3, 0.4) is 0 Å². The predicted molar refractivity (Wildman–Crippen MR) is 66.2 cm³/mol. The average Bonchev–Trinajstić information content (AvgIpc) is 2.29. The second-order valence-corrected chi connectivity index (χ2v) is 4.10. The first kappa shape index (κ1) is 13.3. The number of halogens is 2. The lowest BCUT2D eigenvalue weighted by atomic mass is 10.1. The Morgan fingerprint density at radius 3 is 2.75 bits per heavy atom. The van der Waals surface area contributed by atoms with Crippen molar-refractivity contribution >= 4 is 29.2 Å². The van der Waals surface area contributed by atoms with Gasteiger partial charge in [0.15, 0.2) is 0 Å². The zero-order valence-electron chi connectivity index (χ0n) is 9.13. The number of benzene rings is 1. The van der Waals surface area contributed by atoms with E-state index in [-0.39, 0.29) is 5.97 Å². The Kier molecular flexibility index (Phi) is 5.64. The van der Waals surface area contributed by atoms with Gasteiger partial charge in [0, 0.05) is 10.9 Å². The molecule has 0 heterocycles. The molecule has 0 atom stereocenters. The molecule has 0 saturated carbocycles. The first-order valence-electron chi connectivity index (χ1n) is 5.20. The number of hydrogen-bond acceptors (Lipinski definition) is 2. The molecule has 88 valence electrons. The van der Waals surface area contributed by atoms with Crippen molar-refractivity contribution in [3.05, 3.63) is 34.3 Å². The minimum absolute atomic E-state index is 0.337. The average molecular weight is 261 g/mol. The SMILES string of the molecule is CCCCOC(=O)c1ccc(CCl)c(Cl)c1. The van der Waals surface area contributed by atoms with Crippen molar-refractivity contribution in [2.45, 2.75) is 25.6 Å². The van der Waals surface area contributed by atoms with Gasteiger partial charge in [-0.15, -0.1) is 11.6 Å². The zero-order valence-corrected chi connectivity index (χ0v) is 10.6. The van der Waals surface area contributed by atoms with Crippen molar-refractivity contribution in [1.29, 1.82) is 0 Å². The van der Waals surface area contributed by atoms with Gasteiger partial charge in [0.25, 0.3) is 0 Å². The molecule has 16 heavy (non-hydrogen) atoms. The number of carbonyl (C=O) groups excluding carboxylic acids is 1. The third-order valence-electron chi connectivity index (χ3n) is 2.16. The molecule has 4 heteroatoms. The Labute approximate surface area is 106 Å². The monoisotopic (exact) mass is 260 g/mol. The van der Waals surface area contributed by atoms with Crippen LogP contribution in [0.5, 0.6) is 0 Å². The van der Waals surface area contributed by atoms with Gasteiger partial charge >= 0.3 is 5.97 Å². The van der Waals surface area contributed by atoms with Gasteiger partial charge in [0.05, 0.1) is 12.2 Å². The van der Waals surface area contributed by atoms with Crippen LogP contribution in [0.1, 0.15) is 35.7 Å². The standard InChI is InChI=1S/C12H14Cl2O2/c1-2-3-6-16-12(15)9-4-5-10(8-13)11(14)7-9/h4-5,7H,2-3,6,8H2,1H3. The fraction of sp³-hybridized carbons (Fsp3) is 0.417. The van der Waals surface area contributed by atoms with Gasteiger partial charge in [-0.1, -0.05) is 31.0 Å². The first-order chi connectivity index (χ1) is 7.69. The largest absolute Gasteiger partial charge is 0.462 e. The Morgan fingerprint density at radius 2 is 2.19 bits per heavy atom. The van der Waals surface area contributed by atoms with Crippen molar-refractivity contribution in [2.75, 3.05) is 6.61 Å². The van der Waals surface area contributed by atoms with E-state index in [1.165, 1.54) is 0 Å². The summed E-state index contributed by atoms with van der Waals surface area (Å²) in [6.45, 7) is 2.49. The van der Waals surface area contributed by atoms with Crippen LogP contribution in [0.4, 0.5) is 0 Å². The fourth-order valence-corrected chi connectivity index (χ4v) is 1.72. The van der Waals surface area contributed by atoms with Gasteiger partial charge in [-0.2, -0.15) is 0 Å². The molecular weight excluding hydrogens is 247 g/mol. The van der Waals surface area contributed by atoms with Gasteiger partial charge in [-0.3, -0.25) is 0 Å². The van der Waals surface area contributed by atoms with E-state index in [0.717, 1.165) is 18.4 Å². The summed E-state index contributed by atoms with van der Waals surface area (Å²) in [6.07, 6.45) is 1.87. The second-order valence-electron chi connectivity index (χ2n) is 3.43. The predicted octanol–water partition coefficient (Wildman–Crippen LogP) is 4.04. The molecular formula is C12H14Cl2O2. The van der Waals surface area contributed by atoms with E-state index in [1.54, 1.807) is 18.2 Å². The first-order valence-corrected chi connectivity index (χ1v) is 6.11. The molecule has 0 aromatic heterocycles. The summed E-state index contributed by atoms with van der Waals surface area (Å²) in [5.74, 6) is 0.000698. The fourth-order valence-electron chi connectivity index (χ4n) is 1.18. The molecule has 0 fully saturated rings. The van der Waals surface area contributed by atoms with Crippen LogP contribution in [-0.2, 0) is 10.6 Å². The van der Waals surface area contributed by atoms with Crippen LogP contribution >= 0.6 is 23.2 Å². The minimum Gasteiger partial charge on any atom is -0.462 e. The van der Waals surface area contributed by atoms with Gasteiger partial charge < -0.3 is 4.74 Å². The van der Waals surface area contributed by atoms with Crippen LogP contribution in [-0.4, -0.2) is 12.6 Å². The van der Waals surface area contributed by atoms with Crippen LogP contribution in [0.15, 0.2) is 18.2 Å². The van der Waals surface area contributed by atoms with E-state index in [9.17, 15) is 4.79 Å². The maximum absolute atomic E-state index is 11.6. The highest BCUT2D eigenvalue weighted by atomic mass is 35.5. The molecule has 2 nitrogen and oxygen atoms in total. The molecule has 1 aromatic rings. The number of hydrogen-bond donors (Lipinski definition) is 0. The van der Waals surface area contributed by atoms with E-state index in [2.05, 4.69) is 0 Å². The number of rotatable bonds is 5. The van der Waals surface area contributed by atoms with E-state index >= 15 is 0 Å².